The molecular formula is C14H10BrCl2FO. The molecule has 1 nitrogen and oxygen atoms in total. The molecule has 0 spiro atoms. The first-order chi connectivity index (χ1) is 9.11. The Labute approximate surface area is 129 Å². The van der Waals surface area contributed by atoms with Crippen molar-refractivity contribution >= 4 is 39.1 Å². The number of benzene rings is 2. The van der Waals surface area contributed by atoms with Crippen molar-refractivity contribution in [3.8, 4) is 5.75 Å². The van der Waals surface area contributed by atoms with Crippen LogP contribution in [-0.4, -0.2) is 0 Å². The van der Waals surface area contributed by atoms with Crippen LogP contribution in [0.4, 0.5) is 4.39 Å². The van der Waals surface area contributed by atoms with Gasteiger partial charge in [-0.3, -0.25) is 0 Å². The predicted molar refractivity (Wildman–Crippen MR) is 79.4 cm³/mol. The van der Waals surface area contributed by atoms with Crippen molar-refractivity contribution < 1.29 is 9.13 Å². The van der Waals surface area contributed by atoms with Gasteiger partial charge in [-0.25, -0.2) is 4.39 Å². The predicted octanol–water partition coefficient (Wildman–Crippen LogP) is 5.56. The fourth-order valence-corrected chi connectivity index (χ4v) is 2.49. The lowest BCUT2D eigenvalue weighted by molar-refractivity contribution is 0.297. The van der Waals surface area contributed by atoms with Gasteiger partial charge in [0, 0.05) is 15.6 Å². The van der Waals surface area contributed by atoms with Crippen molar-refractivity contribution in [2.24, 2.45) is 0 Å². The molecule has 5 heteroatoms. The summed E-state index contributed by atoms with van der Waals surface area (Å²) in [5.41, 5.74) is 1.24. The van der Waals surface area contributed by atoms with Crippen LogP contribution in [0.5, 0.6) is 5.75 Å². The van der Waals surface area contributed by atoms with E-state index in [-0.39, 0.29) is 18.3 Å². The lowest BCUT2D eigenvalue weighted by Crippen LogP contribution is -2.01. The molecule has 0 aliphatic heterocycles. The lowest BCUT2D eigenvalue weighted by atomic mass is 10.2. The molecular weight excluding hydrogens is 354 g/mol. The molecule has 0 unspecified atom stereocenters. The van der Waals surface area contributed by atoms with Crippen LogP contribution in [0.2, 0.25) is 5.02 Å². The summed E-state index contributed by atoms with van der Waals surface area (Å²) in [7, 11) is 0. The number of halogens is 4. The van der Waals surface area contributed by atoms with E-state index >= 15 is 0 Å². The number of para-hydroxylation sites is 1. The molecule has 2 aromatic rings. The fourth-order valence-electron chi connectivity index (χ4n) is 1.62. The second kappa shape index (κ2) is 6.60. The van der Waals surface area contributed by atoms with E-state index in [0.717, 1.165) is 10.0 Å². The van der Waals surface area contributed by atoms with Gasteiger partial charge in [0.1, 0.15) is 18.2 Å². The van der Waals surface area contributed by atoms with Gasteiger partial charge in [0.05, 0.1) is 10.9 Å². The second-order valence-corrected chi connectivity index (χ2v) is 5.48. The lowest BCUT2D eigenvalue weighted by Gasteiger charge is -2.12. The van der Waals surface area contributed by atoms with E-state index in [0.29, 0.717) is 16.3 Å². The van der Waals surface area contributed by atoms with Gasteiger partial charge in [-0.2, -0.15) is 0 Å². The minimum atomic E-state index is -0.317. The van der Waals surface area contributed by atoms with Crippen LogP contribution < -0.4 is 4.74 Å². The Morgan fingerprint density at radius 3 is 2.68 bits per heavy atom. The van der Waals surface area contributed by atoms with Crippen LogP contribution in [0.25, 0.3) is 0 Å². The molecule has 0 amide bonds. The number of hydrogen-bond donors (Lipinski definition) is 0. The summed E-state index contributed by atoms with van der Waals surface area (Å²) < 4.78 is 20.0. The van der Waals surface area contributed by atoms with Crippen LogP contribution in [0.3, 0.4) is 0 Å². The second-order valence-electron chi connectivity index (χ2n) is 3.89. The van der Waals surface area contributed by atoms with Crippen LogP contribution in [0.15, 0.2) is 40.9 Å². The molecule has 0 N–H and O–H groups in total. The van der Waals surface area contributed by atoms with Crippen molar-refractivity contribution in [2.45, 2.75) is 12.5 Å². The fraction of sp³-hybridized carbons (Fsp3) is 0.143. The summed E-state index contributed by atoms with van der Waals surface area (Å²) >= 11 is 15.2. The third kappa shape index (κ3) is 3.62. The maximum absolute atomic E-state index is 13.6. The molecule has 0 aliphatic rings. The van der Waals surface area contributed by atoms with Gasteiger partial charge < -0.3 is 4.74 Å². The summed E-state index contributed by atoms with van der Waals surface area (Å²) in [5, 5.41) is 0.466. The van der Waals surface area contributed by atoms with Crippen molar-refractivity contribution in [1.29, 1.82) is 0 Å². The molecule has 0 saturated carbocycles. The zero-order valence-electron chi connectivity index (χ0n) is 9.80. The van der Waals surface area contributed by atoms with E-state index in [2.05, 4.69) is 15.9 Å². The van der Waals surface area contributed by atoms with Gasteiger partial charge in [0.25, 0.3) is 0 Å². The molecule has 0 radical (unpaired) electrons. The van der Waals surface area contributed by atoms with Crippen molar-refractivity contribution in [3.63, 3.8) is 0 Å². The highest BCUT2D eigenvalue weighted by atomic mass is 79.9. The normalized spacial score (nSPS) is 10.5. The molecule has 100 valence electrons. The van der Waals surface area contributed by atoms with Crippen LogP contribution in [-0.2, 0) is 12.5 Å². The van der Waals surface area contributed by atoms with Crippen LogP contribution >= 0.6 is 39.1 Å². The minimum absolute atomic E-state index is 0.0961. The highest BCUT2D eigenvalue weighted by Gasteiger charge is 2.10. The number of ether oxygens (including phenoxy) is 1. The van der Waals surface area contributed by atoms with Gasteiger partial charge in [0.15, 0.2) is 0 Å². The number of rotatable bonds is 4. The summed E-state index contributed by atoms with van der Waals surface area (Å²) in [6, 6.07) is 10.0. The Morgan fingerprint density at radius 2 is 1.95 bits per heavy atom. The first-order valence-electron chi connectivity index (χ1n) is 5.52. The molecule has 19 heavy (non-hydrogen) atoms. The van der Waals surface area contributed by atoms with E-state index < -0.39 is 0 Å². The molecule has 0 saturated heterocycles. The molecule has 0 bridgehead atoms. The van der Waals surface area contributed by atoms with Crippen LogP contribution in [0.1, 0.15) is 11.1 Å². The van der Waals surface area contributed by atoms with E-state index in [1.54, 1.807) is 24.3 Å². The zero-order chi connectivity index (χ0) is 13.8. The van der Waals surface area contributed by atoms with E-state index in [1.165, 1.54) is 6.07 Å². The van der Waals surface area contributed by atoms with Gasteiger partial charge in [0.2, 0.25) is 0 Å². The van der Waals surface area contributed by atoms with Crippen molar-refractivity contribution in [1.82, 2.24) is 0 Å². The summed E-state index contributed by atoms with van der Waals surface area (Å²) in [6.45, 7) is 0.0961. The van der Waals surface area contributed by atoms with Crippen molar-refractivity contribution in [2.75, 3.05) is 0 Å². The van der Waals surface area contributed by atoms with Gasteiger partial charge >= 0.3 is 0 Å². The quantitative estimate of drug-likeness (QED) is 0.646. The Bertz CT molecular complexity index is 590. The third-order valence-corrected chi connectivity index (χ3v) is 3.65. The largest absolute Gasteiger partial charge is 0.487 e. The third-order valence-electron chi connectivity index (χ3n) is 2.57. The standard InChI is InChI=1S/C14H10BrCl2FO/c15-11-4-5-13(18)10(6-11)8-19-14-9(7-16)2-1-3-12(14)17/h1-6H,7-8H2. The maximum atomic E-state index is 13.6. The number of hydrogen-bond acceptors (Lipinski definition) is 1. The minimum Gasteiger partial charge on any atom is -0.487 e. The summed E-state index contributed by atoms with van der Waals surface area (Å²) in [4.78, 5) is 0. The number of alkyl halides is 1. The molecule has 2 aromatic carbocycles. The highest BCUT2D eigenvalue weighted by Crippen LogP contribution is 2.30. The molecule has 0 fully saturated rings. The van der Waals surface area contributed by atoms with E-state index in [1.807, 2.05) is 6.07 Å². The highest BCUT2D eigenvalue weighted by molar-refractivity contribution is 9.10. The Kier molecular flexibility index (Phi) is 5.08. The SMILES string of the molecule is Fc1ccc(Br)cc1COc1c(Cl)cccc1CCl. The Morgan fingerprint density at radius 1 is 1.16 bits per heavy atom. The van der Waals surface area contributed by atoms with Gasteiger partial charge in [-0.1, -0.05) is 39.7 Å². The van der Waals surface area contributed by atoms with E-state index in [9.17, 15) is 4.39 Å². The monoisotopic (exact) mass is 362 g/mol. The topological polar surface area (TPSA) is 9.23 Å². The van der Waals surface area contributed by atoms with Gasteiger partial charge in [-0.05, 0) is 24.3 Å². The Balaban J connectivity index is 2.21. The first kappa shape index (κ1) is 14.6. The zero-order valence-corrected chi connectivity index (χ0v) is 12.9. The molecule has 0 aliphatic carbocycles. The molecule has 0 heterocycles. The first-order valence-corrected chi connectivity index (χ1v) is 7.22. The Hall–Kier alpha value is -0.770. The van der Waals surface area contributed by atoms with Crippen molar-refractivity contribution in [3.05, 3.63) is 62.8 Å². The molecule has 0 atom stereocenters. The maximum Gasteiger partial charge on any atom is 0.142 e. The van der Waals surface area contributed by atoms with E-state index in [4.69, 9.17) is 27.9 Å². The summed E-state index contributed by atoms with van der Waals surface area (Å²) in [6.07, 6.45) is 0. The smallest absolute Gasteiger partial charge is 0.142 e. The average Bonchev–Trinajstić information content (AvgIpc) is 2.40. The molecule has 0 aromatic heterocycles. The molecule has 2 rings (SSSR count). The van der Waals surface area contributed by atoms with Gasteiger partial charge in [-0.15, -0.1) is 11.6 Å². The average molecular weight is 364 g/mol. The summed E-state index contributed by atoms with van der Waals surface area (Å²) in [5.74, 6) is 0.470. The van der Waals surface area contributed by atoms with Crippen LogP contribution in [0, 0.1) is 5.82 Å².